The Kier molecular flexibility index (Phi) is 5.14. The van der Waals surface area contributed by atoms with Gasteiger partial charge in [0.1, 0.15) is 0 Å². The summed E-state index contributed by atoms with van der Waals surface area (Å²) in [4.78, 5) is 4.09. The summed E-state index contributed by atoms with van der Waals surface area (Å²) in [7, 11) is -3.54. The number of nitrogens with zero attached hydrogens (tertiary/aromatic N) is 2. The van der Waals surface area contributed by atoms with Crippen molar-refractivity contribution in [2.24, 2.45) is 0 Å². The predicted molar refractivity (Wildman–Crippen MR) is 101 cm³/mol. The van der Waals surface area contributed by atoms with Crippen molar-refractivity contribution in [2.75, 3.05) is 4.31 Å². The molecule has 0 fully saturated rings. The van der Waals surface area contributed by atoms with Crippen molar-refractivity contribution in [1.29, 1.82) is 0 Å². The van der Waals surface area contributed by atoms with E-state index < -0.39 is 10.0 Å². The first-order valence-corrected chi connectivity index (χ1v) is 9.65. The summed E-state index contributed by atoms with van der Waals surface area (Å²) in [6.45, 7) is 2.21. The number of benzene rings is 2. The molecule has 4 nitrogen and oxygen atoms in total. The molecule has 0 saturated heterocycles. The molecule has 25 heavy (non-hydrogen) atoms. The van der Waals surface area contributed by atoms with E-state index in [1.807, 2.05) is 73.7 Å². The largest absolute Gasteiger partial charge is 0.265 e. The molecule has 128 valence electrons. The standard InChI is InChI=1S/C20H20N2O2S/c1-17-7-5-11-20(13-17)22(15-19-10-6-12-21-14-19)25(23,24)16-18-8-3-2-4-9-18/h2-14H,15-16H2,1H3. The minimum Gasteiger partial charge on any atom is -0.265 e. The molecule has 1 aromatic heterocycles. The predicted octanol–water partition coefficient (Wildman–Crippen LogP) is 3.93. The zero-order chi connectivity index (χ0) is 17.7. The third kappa shape index (κ3) is 4.45. The van der Waals surface area contributed by atoms with Gasteiger partial charge < -0.3 is 0 Å². The Morgan fingerprint density at radius 1 is 0.920 bits per heavy atom. The van der Waals surface area contributed by atoms with E-state index in [2.05, 4.69) is 4.98 Å². The molecule has 0 saturated carbocycles. The van der Waals surface area contributed by atoms with Crippen molar-refractivity contribution in [3.05, 3.63) is 95.8 Å². The van der Waals surface area contributed by atoms with E-state index in [-0.39, 0.29) is 12.3 Å². The summed E-state index contributed by atoms with van der Waals surface area (Å²) in [5.74, 6) is -0.0396. The first-order chi connectivity index (χ1) is 12.0. The first kappa shape index (κ1) is 17.2. The summed E-state index contributed by atoms with van der Waals surface area (Å²) >= 11 is 0. The molecule has 1 heterocycles. The Hall–Kier alpha value is -2.66. The number of hydrogen-bond acceptors (Lipinski definition) is 3. The molecule has 0 aliphatic rings. The Morgan fingerprint density at radius 2 is 1.68 bits per heavy atom. The maximum Gasteiger partial charge on any atom is 0.239 e. The van der Waals surface area contributed by atoms with Crippen molar-refractivity contribution in [3.8, 4) is 0 Å². The molecule has 0 atom stereocenters. The summed E-state index contributed by atoms with van der Waals surface area (Å²) in [6.07, 6.45) is 3.37. The summed E-state index contributed by atoms with van der Waals surface area (Å²) < 4.78 is 27.7. The van der Waals surface area contributed by atoms with Gasteiger partial charge in [-0.2, -0.15) is 0 Å². The van der Waals surface area contributed by atoms with Gasteiger partial charge in [-0.1, -0.05) is 48.5 Å². The molecule has 0 amide bonds. The fraction of sp³-hybridized carbons (Fsp3) is 0.150. The van der Waals surface area contributed by atoms with Crippen LogP contribution in [0.5, 0.6) is 0 Å². The van der Waals surface area contributed by atoms with Crippen LogP contribution in [0.15, 0.2) is 79.1 Å². The van der Waals surface area contributed by atoms with E-state index in [9.17, 15) is 8.42 Å². The van der Waals surface area contributed by atoms with Crippen molar-refractivity contribution in [1.82, 2.24) is 4.98 Å². The van der Waals surface area contributed by atoms with Gasteiger partial charge in [-0.15, -0.1) is 0 Å². The monoisotopic (exact) mass is 352 g/mol. The highest BCUT2D eigenvalue weighted by molar-refractivity contribution is 7.92. The van der Waals surface area contributed by atoms with Crippen LogP contribution in [0.1, 0.15) is 16.7 Å². The van der Waals surface area contributed by atoms with Gasteiger partial charge in [-0.3, -0.25) is 9.29 Å². The second kappa shape index (κ2) is 7.49. The normalized spacial score (nSPS) is 11.2. The van der Waals surface area contributed by atoms with Gasteiger partial charge in [0.2, 0.25) is 10.0 Å². The molecule has 0 radical (unpaired) electrons. The van der Waals surface area contributed by atoms with Crippen LogP contribution in [-0.4, -0.2) is 13.4 Å². The van der Waals surface area contributed by atoms with E-state index in [1.54, 1.807) is 12.4 Å². The Balaban J connectivity index is 1.98. The molecule has 3 rings (SSSR count). The van der Waals surface area contributed by atoms with Crippen LogP contribution in [0.25, 0.3) is 0 Å². The zero-order valence-electron chi connectivity index (χ0n) is 14.0. The number of aromatic nitrogens is 1. The molecule has 0 N–H and O–H groups in total. The minimum absolute atomic E-state index is 0.0396. The maximum atomic E-state index is 13.1. The van der Waals surface area contributed by atoms with Crippen molar-refractivity contribution >= 4 is 15.7 Å². The van der Waals surface area contributed by atoms with Crippen LogP contribution in [0.4, 0.5) is 5.69 Å². The third-order valence-corrected chi connectivity index (χ3v) is 5.58. The van der Waals surface area contributed by atoms with Crippen LogP contribution in [-0.2, 0) is 22.3 Å². The molecular formula is C20H20N2O2S. The van der Waals surface area contributed by atoms with Gasteiger partial charge in [0.25, 0.3) is 0 Å². The highest BCUT2D eigenvalue weighted by atomic mass is 32.2. The van der Waals surface area contributed by atoms with Crippen LogP contribution in [0.2, 0.25) is 0 Å². The smallest absolute Gasteiger partial charge is 0.239 e. The number of anilines is 1. The Bertz CT molecular complexity index is 926. The topological polar surface area (TPSA) is 50.3 Å². The number of hydrogen-bond donors (Lipinski definition) is 0. The molecule has 0 unspecified atom stereocenters. The van der Waals surface area contributed by atoms with Gasteiger partial charge >= 0.3 is 0 Å². The number of pyridine rings is 1. The maximum absolute atomic E-state index is 13.1. The summed E-state index contributed by atoms with van der Waals surface area (Å²) in [5, 5.41) is 0. The molecule has 0 aliphatic heterocycles. The third-order valence-electron chi connectivity index (χ3n) is 3.87. The Labute approximate surface area is 148 Å². The number of aryl methyl sites for hydroxylation is 1. The Morgan fingerprint density at radius 3 is 2.36 bits per heavy atom. The highest BCUT2D eigenvalue weighted by Crippen LogP contribution is 2.24. The quantitative estimate of drug-likeness (QED) is 0.675. The van der Waals surface area contributed by atoms with Gasteiger partial charge in [-0.25, -0.2) is 8.42 Å². The van der Waals surface area contributed by atoms with E-state index in [0.717, 1.165) is 16.7 Å². The van der Waals surface area contributed by atoms with Gasteiger partial charge in [0, 0.05) is 12.4 Å². The van der Waals surface area contributed by atoms with Crippen LogP contribution >= 0.6 is 0 Å². The minimum atomic E-state index is -3.54. The molecule has 3 aromatic rings. The molecular weight excluding hydrogens is 332 g/mol. The second-order valence-corrected chi connectivity index (χ2v) is 7.84. The average Bonchev–Trinajstić information content (AvgIpc) is 2.61. The lowest BCUT2D eigenvalue weighted by Crippen LogP contribution is -2.31. The van der Waals surface area contributed by atoms with Gasteiger partial charge in [-0.05, 0) is 41.8 Å². The molecule has 5 heteroatoms. The number of sulfonamides is 1. The van der Waals surface area contributed by atoms with E-state index in [0.29, 0.717) is 5.69 Å². The lowest BCUT2D eigenvalue weighted by molar-refractivity contribution is 0.589. The highest BCUT2D eigenvalue weighted by Gasteiger charge is 2.23. The lowest BCUT2D eigenvalue weighted by atomic mass is 10.2. The molecule has 0 bridgehead atoms. The van der Waals surface area contributed by atoms with Crippen LogP contribution in [0, 0.1) is 6.92 Å². The van der Waals surface area contributed by atoms with Crippen LogP contribution < -0.4 is 4.31 Å². The first-order valence-electron chi connectivity index (χ1n) is 8.04. The number of rotatable bonds is 6. The van der Waals surface area contributed by atoms with E-state index >= 15 is 0 Å². The SMILES string of the molecule is Cc1cccc(N(Cc2cccnc2)S(=O)(=O)Cc2ccccc2)c1. The average molecular weight is 352 g/mol. The molecule has 0 spiro atoms. The van der Waals surface area contributed by atoms with Gasteiger partial charge in [0.05, 0.1) is 18.0 Å². The van der Waals surface area contributed by atoms with Crippen molar-refractivity contribution < 1.29 is 8.42 Å². The van der Waals surface area contributed by atoms with Crippen molar-refractivity contribution in [3.63, 3.8) is 0 Å². The molecule has 0 aliphatic carbocycles. The second-order valence-electron chi connectivity index (χ2n) is 5.95. The fourth-order valence-electron chi connectivity index (χ4n) is 2.65. The lowest BCUT2D eigenvalue weighted by Gasteiger charge is -2.25. The fourth-order valence-corrected chi connectivity index (χ4v) is 4.20. The molecule has 2 aromatic carbocycles. The summed E-state index contributed by atoms with van der Waals surface area (Å²) in [6, 6.07) is 20.5. The van der Waals surface area contributed by atoms with Gasteiger partial charge in [0.15, 0.2) is 0 Å². The van der Waals surface area contributed by atoms with Crippen LogP contribution in [0.3, 0.4) is 0 Å². The van der Waals surface area contributed by atoms with E-state index in [1.165, 1.54) is 4.31 Å². The zero-order valence-corrected chi connectivity index (χ0v) is 14.9. The van der Waals surface area contributed by atoms with E-state index in [4.69, 9.17) is 0 Å². The van der Waals surface area contributed by atoms with Crippen molar-refractivity contribution in [2.45, 2.75) is 19.2 Å². The summed E-state index contributed by atoms with van der Waals surface area (Å²) in [5.41, 5.74) is 3.30.